The van der Waals surface area contributed by atoms with Gasteiger partial charge >= 0.3 is 0 Å². The summed E-state index contributed by atoms with van der Waals surface area (Å²) in [4.78, 5) is -0.819. The van der Waals surface area contributed by atoms with Crippen LogP contribution in [0.3, 0.4) is 0 Å². The summed E-state index contributed by atoms with van der Waals surface area (Å²) in [6, 6.07) is 6.48. The van der Waals surface area contributed by atoms with Crippen LogP contribution in [0.1, 0.15) is 65.2 Å². The standard InChI is InChI=1S/C16H24Cl2/c1-14(2,3)11-8-9-12(15(4,5)17)13(10-11)16(6,7)18/h8-10H,1-7H3. The lowest BCUT2D eigenvalue weighted by Crippen LogP contribution is -2.21. The van der Waals surface area contributed by atoms with Gasteiger partial charge in [-0.05, 0) is 49.8 Å². The number of hydrogen-bond acceptors (Lipinski definition) is 0. The molecular formula is C16H24Cl2. The minimum absolute atomic E-state index is 0.117. The summed E-state index contributed by atoms with van der Waals surface area (Å²) in [6.07, 6.45) is 0. The Morgan fingerprint density at radius 3 is 1.50 bits per heavy atom. The summed E-state index contributed by atoms with van der Waals surface area (Å²) in [5.74, 6) is 0. The molecule has 0 fully saturated rings. The summed E-state index contributed by atoms with van der Waals surface area (Å²) in [7, 11) is 0. The van der Waals surface area contributed by atoms with Gasteiger partial charge in [0, 0.05) is 0 Å². The zero-order valence-corrected chi connectivity index (χ0v) is 14.0. The molecule has 0 aliphatic rings. The van der Waals surface area contributed by atoms with Crippen molar-refractivity contribution in [3.8, 4) is 0 Å². The molecule has 0 nitrogen and oxygen atoms in total. The summed E-state index contributed by atoms with van der Waals surface area (Å²) in [5, 5.41) is 0. The largest absolute Gasteiger partial charge is 0.115 e. The van der Waals surface area contributed by atoms with Crippen LogP contribution >= 0.6 is 23.2 Å². The second kappa shape index (κ2) is 4.72. The topological polar surface area (TPSA) is 0 Å². The number of alkyl halides is 2. The highest BCUT2D eigenvalue weighted by molar-refractivity contribution is 6.25. The third kappa shape index (κ3) is 3.65. The van der Waals surface area contributed by atoms with Crippen molar-refractivity contribution >= 4 is 23.2 Å². The van der Waals surface area contributed by atoms with Crippen molar-refractivity contribution in [1.82, 2.24) is 0 Å². The molecular weight excluding hydrogens is 263 g/mol. The van der Waals surface area contributed by atoms with Crippen LogP contribution in [0.2, 0.25) is 0 Å². The Morgan fingerprint density at radius 1 is 0.722 bits per heavy atom. The fraction of sp³-hybridized carbons (Fsp3) is 0.625. The molecule has 0 unspecified atom stereocenters. The van der Waals surface area contributed by atoms with Crippen LogP contribution in [-0.4, -0.2) is 0 Å². The van der Waals surface area contributed by atoms with E-state index in [9.17, 15) is 0 Å². The summed E-state index contributed by atoms with van der Waals surface area (Å²) >= 11 is 13.0. The number of rotatable bonds is 2. The van der Waals surface area contributed by atoms with Gasteiger partial charge in [0.15, 0.2) is 0 Å². The van der Waals surface area contributed by atoms with Crippen LogP contribution < -0.4 is 0 Å². The first-order chi connectivity index (χ1) is 7.83. The van der Waals surface area contributed by atoms with Crippen molar-refractivity contribution in [3.63, 3.8) is 0 Å². The molecule has 0 saturated heterocycles. The molecule has 0 aliphatic carbocycles. The van der Waals surface area contributed by atoms with Crippen molar-refractivity contribution in [1.29, 1.82) is 0 Å². The highest BCUT2D eigenvalue weighted by atomic mass is 35.5. The number of benzene rings is 1. The van der Waals surface area contributed by atoms with Gasteiger partial charge in [-0.15, -0.1) is 23.2 Å². The maximum absolute atomic E-state index is 6.53. The lowest BCUT2D eigenvalue weighted by molar-refractivity contribution is 0.584. The van der Waals surface area contributed by atoms with Gasteiger partial charge in [0.2, 0.25) is 0 Å². The first kappa shape index (κ1) is 15.9. The van der Waals surface area contributed by atoms with Gasteiger partial charge in [-0.3, -0.25) is 0 Å². The van der Waals surface area contributed by atoms with E-state index in [1.165, 1.54) is 5.56 Å². The van der Waals surface area contributed by atoms with Gasteiger partial charge in [-0.2, -0.15) is 0 Å². The fourth-order valence-electron chi connectivity index (χ4n) is 2.02. The molecule has 0 radical (unpaired) electrons. The molecule has 102 valence electrons. The third-order valence-corrected chi connectivity index (χ3v) is 3.57. The van der Waals surface area contributed by atoms with Crippen LogP contribution in [-0.2, 0) is 15.2 Å². The highest BCUT2D eigenvalue weighted by Crippen LogP contribution is 2.40. The van der Waals surface area contributed by atoms with E-state index in [-0.39, 0.29) is 5.41 Å². The molecule has 0 N–H and O–H groups in total. The van der Waals surface area contributed by atoms with E-state index in [2.05, 4.69) is 39.0 Å². The van der Waals surface area contributed by atoms with Crippen LogP contribution in [0, 0.1) is 0 Å². The molecule has 0 saturated carbocycles. The molecule has 0 spiro atoms. The van der Waals surface area contributed by atoms with Crippen molar-refractivity contribution in [2.24, 2.45) is 0 Å². The average molecular weight is 287 g/mol. The molecule has 0 heterocycles. The third-order valence-electron chi connectivity index (χ3n) is 3.17. The van der Waals surface area contributed by atoms with E-state index in [0.29, 0.717) is 0 Å². The maximum Gasteiger partial charge on any atom is 0.0642 e. The Hall–Kier alpha value is -0.200. The van der Waals surface area contributed by atoms with E-state index in [4.69, 9.17) is 23.2 Å². The molecule has 1 aromatic rings. The quantitative estimate of drug-likeness (QED) is 0.591. The molecule has 0 bridgehead atoms. The minimum atomic E-state index is -0.414. The second-order valence-electron chi connectivity index (χ2n) is 6.96. The maximum atomic E-state index is 6.53. The molecule has 0 amide bonds. The van der Waals surface area contributed by atoms with Crippen molar-refractivity contribution in [2.45, 2.75) is 63.6 Å². The van der Waals surface area contributed by atoms with E-state index in [0.717, 1.165) is 11.1 Å². The van der Waals surface area contributed by atoms with Crippen molar-refractivity contribution in [3.05, 3.63) is 34.9 Å². The summed E-state index contributed by atoms with van der Waals surface area (Å²) in [6.45, 7) is 14.7. The van der Waals surface area contributed by atoms with Crippen LogP contribution in [0.5, 0.6) is 0 Å². The highest BCUT2D eigenvalue weighted by Gasteiger charge is 2.29. The zero-order chi connectivity index (χ0) is 14.4. The first-order valence-electron chi connectivity index (χ1n) is 6.37. The van der Waals surface area contributed by atoms with Crippen molar-refractivity contribution < 1.29 is 0 Å². The predicted octanol–water partition coefficient (Wildman–Crippen LogP) is 5.93. The molecule has 1 aromatic carbocycles. The second-order valence-corrected chi connectivity index (χ2v) is 8.85. The Morgan fingerprint density at radius 2 is 1.17 bits per heavy atom. The Balaban J connectivity index is 3.50. The van der Waals surface area contributed by atoms with Gasteiger partial charge in [0.05, 0.1) is 9.75 Å². The zero-order valence-electron chi connectivity index (χ0n) is 12.5. The van der Waals surface area contributed by atoms with Gasteiger partial charge in [-0.1, -0.05) is 39.0 Å². The van der Waals surface area contributed by atoms with E-state index in [1.807, 2.05) is 27.7 Å². The van der Waals surface area contributed by atoms with Crippen LogP contribution in [0.4, 0.5) is 0 Å². The van der Waals surface area contributed by atoms with Crippen LogP contribution in [0.25, 0.3) is 0 Å². The minimum Gasteiger partial charge on any atom is -0.115 e. The number of hydrogen-bond donors (Lipinski definition) is 0. The van der Waals surface area contributed by atoms with E-state index in [1.54, 1.807) is 0 Å². The summed E-state index contributed by atoms with van der Waals surface area (Å²) in [5.41, 5.74) is 3.64. The van der Waals surface area contributed by atoms with Gasteiger partial charge in [0.1, 0.15) is 0 Å². The summed E-state index contributed by atoms with van der Waals surface area (Å²) < 4.78 is 0. The average Bonchev–Trinajstić information content (AvgIpc) is 2.12. The van der Waals surface area contributed by atoms with Gasteiger partial charge < -0.3 is 0 Å². The van der Waals surface area contributed by atoms with E-state index >= 15 is 0 Å². The van der Waals surface area contributed by atoms with Crippen molar-refractivity contribution in [2.75, 3.05) is 0 Å². The molecule has 2 heteroatoms. The van der Waals surface area contributed by atoms with E-state index < -0.39 is 9.75 Å². The van der Waals surface area contributed by atoms with Gasteiger partial charge in [0.25, 0.3) is 0 Å². The fourth-order valence-corrected chi connectivity index (χ4v) is 2.34. The van der Waals surface area contributed by atoms with Gasteiger partial charge in [-0.25, -0.2) is 0 Å². The lowest BCUT2D eigenvalue weighted by Gasteiger charge is -2.30. The Bertz CT molecular complexity index is 426. The Labute approximate surface area is 122 Å². The molecule has 1 rings (SSSR count). The molecule has 0 aliphatic heterocycles. The normalized spacial score (nSPS) is 13.8. The monoisotopic (exact) mass is 286 g/mol. The molecule has 0 atom stereocenters. The lowest BCUT2D eigenvalue weighted by atomic mass is 9.81. The predicted molar refractivity (Wildman–Crippen MR) is 82.9 cm³/mol. The Kier molecular flexibility index (Phi) is 4.16. The number of halogens is 2. The first-order valence-corrected chi connectivity index (χ1v) is 7.12. The SMILES string of the molecule is CC(C)(C)c1ccc(C(C)(C)Cl)c(C(C)(C)Cl)c1. The molecule has 18 heavy (non-hydrogen) atoms. The molecule has 0 aromatic heterocycles. The van der Waals surface area contributed by atoms with Crippen LogP contribution in [0.15, 0.2) is 18.2 Å². The smallest absolute Gasteiger partial charge is 0.0642 e.